The van der Waals surface area contributed by atoms with Crippen molar-refractivity contribution < 1.29 is 19.1 Å². The molecule has 0 unspecified atom stereocenters. The van der Waals surface area contributed by atoms with Crippen molar-refractivity contribution in [1.29, 1.82) is 0 Å². The molecular formula is C21H21N3O4S. The van der Waals surface area contributed by atoms with Crippen molar-refractivity contribution in [3.05, 3.63) is 58.0 Å². The summed E-state index contributed by atoms with van der Waals surface area (Å²) in [6.45, 7) is 3.70. The van der Waals surface area contributed by atoms with Gasteiger partial charge in [0.2, 0.25) is 0 Å². The maximum atomic E-state index is 12.4. The third-order valence-corrected chi connectivity index (χ3v) is 5.07. The number of aryl methyl sites for hydroxylation is 2. The molecule has 2 aromatic carbocycles. The van der Waals surface area contributed by atoms with Crippen molar-refractivity contribution in [1.82, 2.24) is 5.32 Å². The fourth-order valence-electron chi connectivity index (χ4n) is 2.76. The van der Waals surface area contributed by atoms with Crippen molar-refractivity contribution in [2.45, 2.75) is 13.8 Å². The molecule has 0 saturated carbocycles. The molecule has 1 aliphatic heterocycles. The molecule has 2 aromatic rings. The summed E-state index contributed by atoms with van der Waals surface area (Å²) in [5.74, 6) is 0.0204. The molecule has 0 atom stereocenters. The van der Waals surface area contributed by atoms with E-state index in [2.05, 4.69) is 10.3 Å². The van der Waals surface area contributed by atoms with Gasteiger partial charge in [0, 0.05) is 0 Å². The van der Waals surface area contributed by atoms with E-state index in [-0.39, 0.29) is 12.5 Å². The van der Waals surface area contributed by atoms with E-state index < -0.39 is 5.91 Å². The van der Waals surface area contributed by atoms with E-state index in [1.807, 2.05) is 32.0 Å². The number of hydrogen-bond donors (Lipinski definition) is 2. The molecule has 0 spiro atoms. The first-order chi connectivity index (χ1) is 13.9. The van der Waals surface area contributed by atoms with Crippen LogP contribution in [0.5, 0.6) is 11.5 Å². The van der Waals surface area contributed by atoms with Gasteiger partial charge < -0.3 is 20.5 Å². The molecule has 0 aromatic heterocycles. The van der Waals surface area contributed by atoms with Crippen molar-refractivity contribution in [2.75, 3.05) is 13.7 Å². The number of carbonyl (C=O) groups excluding carboxylic acids is 2. The molecule has 3 rings (SSSR count). The number of nitrogens with one attached hydrogen (secondary N) is 1. The quantitative estimate of drug-likeness (QED) is 0.711. The Hall–Kier alpha value is -3.26. The molecule has 2 amide bonds. The molecule has 1 heterocycles. The number of rotatable bonds is 6. The van der Waals surface area contributed by atoms with Gasteiger partial charge in [-0.25, -0.2) is 4.99 Å². The minimum atomic E-state index is -0.589. The Morgan fingerprint density at radius 2 is 1.93 bits per heavy atom. The predicted molar refractivity (Wildman–Crippen MR) is 114 cm³/mol. The SMILES string of the molecule is COc1ccc(/C=C2\SC(=Nc3c(C)cccc3C)NC2=O)cc1OCC(N)=O. The van der Waals surface area contributed by atoms with Gasteiger partial charge in [-0.05, 0) is 60.5 Å². The van der Waals surface area contributed by atoms with Crippen molar-refractivity contribution in [2.24, 2.45) is 10.7 Å². The summed E-state index contributed by atoms with van der Waals surface area (Å²) >= 11 is 1.26. The number of primary amides is 1. The number of ether oxygens (including phenoxy) is 2. The number of benzene rings is 2. The molecule has 1 saturated heterocycles. The third-order valence-electron chi connectivity index (χ3n) is 4.16. The Balaban J connectivity index is 1.85. The van der Waals surface area contributed by atoms with E-state index in [0.717, 1.165) is 22.4 Å². The first-order valence-electron chi connectivity index (χ1n) is 8.82. The van der Waals surface area contributed by atoms with Gasteiger partial charge >= 0.3 is 0 Å². The van der Waals surface area contributed by atoms with Gasteiger partial charge in [-0.2, -0.15) is 0 Å². The summed E-state index contributed by atoms with van der Waals surface area (Å²) in [5.41, 5.74) is 8.78. The molecule has 0 aliphatic carbocycles. The van der Waals surface area contributed by atoms with Gasteiger partial charge in [0.05, 0.1) is 17.7 Å². The average Bonchev–Trinajstić information content (AvgIpc) is 3.02. The third kappa shape index (κ3) is 4.97. The first-order valence-corrected chi connectivity index (χ1v) is 9.64. The number of aliphatic imine (C=N–C) groups is 1. The largest absolute Gasteiger partial charge is 0.493 e. The summed E-state index contributed by atoms with van der Waals surface area (Å²) in [6, 6.07) is 11.1. The van der Waals surface area contributed by atoms with E-state index >= 15 is 0 Å². The fourth-order valence-corrected chi connectivity index (χ4v) is 3.59. The summed E-state index contributed by atoms with van der Waals surface area (Å²) in [5, 5.41) is 3.32. The summed E-state index contributed by atoms with van der Waals surface area (Å²) in [6.07, 6.45) is 1.73. The second-order valence-electron chi connectivity index (χ2n) is 6.39. The highest BCUT2D eigenvalue weighted by molar-refractivity contribution is 8.18. The van der Waals surface area contributed by atoms with Gasteiger partial charge in [-0.3, -0.25) is 9.59 Å². The summed E-state index contributed by atoms with van der Waals surface area (Å²) < 4.78 is 10.6. The van der Waals surface area contributed by atoms with Gasteiger partial charge in [-0.15, -0.1) is 0 Å². The maximum absolute atomic E-state index is 12.4. The molecule has 29 heavy (non-hydrogen) atoms. The Morgan fingerprint density at radius 1 is 1.21 bits per heavy atom. The molecule has 7 nitrogen and oxygen atoms in total. The number of para-hydroxylation sites is 1. The van der Waals surface area contributed by atoms with Crippen LogP contribution in [-0.2, 0) is 9.59 Å². The van der Waals surface area contributed by atoms with Crippen LogP contribution < -0.4 is 20.5 Å². The molecule has 3 N–H and O–H groups in total. The van der Waals surface area contributed by atoms with Gasteiger partial charge in [0.15, 0.2) is 23.3 Å². The van der Waals surface area contributed by atoms with E-state index in [9.17, 15) is 9.59 Å². The number of thioether (sulfide) groups is 1. The Labute approximate surface area is 173 Å². The molecule has 150 valence electrons. The molecule has 8 heteroatoms. The lowest BCUT2D eigenvalue weighted by molar-refractivity contribution is -0.120. The highest BCUT2D eigenvalue weighted by Gasteiger charge is 2.24. The number of hydrogen-bond acceptors (Lipinski definition) is 6. The average molecular weight is 411 g/mol. The number of carbonyl (C=O) groups is 2. The summed E-state index contributed by atoms with van der Waals surface area (Å²) in [4.78, 5) is 28.5. The number of amidine groups is 1. The van der Waals surface area contributed by atoms with E-state index in [0.29, 0.717) is 21.6 Å². The Morgan fingerprint density at radius 3 is 2.59 bits per heavy atom. The molecule has 0 radical (unpaired) electrons. The predicted octanol–water partition coefficient (Wildman–Crippen LogP) is 3.07. The zero-order valence-corrected chi connectivity index (χ0v) is 17.1. The van der Waals surface area contributed by atoms with Gasteiger partial charge in [-0.1, -0.05) is 24.3 Å². The Kier molecular flexibility index (Phi) is 6.23. The van der Waals surface area contributed by atoms with Gasteiger partial charge in [0.25, 0.3) is 11.8 Å². The second kappa shape index (κ2) is 8.83. The minimum Gasteiger partial charge on any atom is -0.493 e. The minimum absolute atomic E-state index is 0.226. The smallest absolute Gasteiger partial charge is 0.264 e. The van der Waals surface area contributed by atoms with Crippen LogP contribution in [0.15, 0.2) is 46.3 Å². The molecule has 0 bridgehead atoms. The lowest BCUT2D eigenvalue weighted by Gasteiger charge is -2.10. The van der Waals surface area contributed by atoms with Crippen LogP contribution in [0.2, 0.25) is 0 Å². The number of nitrogens with zero attached hydrogens (tertiary/aromatic N) is 1. The summed E-state index contributed by atoms with van der Waals surface area (Å²) in [7, 11) is 1.50. The number of methoxy groups -OCH3 is 1. The second-order valence-corrected chi connectivity index (χ2v) is 7.42. The van der Waals surface area contributed by atoms with Crippen LogP contribution in [0, 0.1) is 13.8 Å². The normalized spacial score (nSPS) is 16.2. The zero-order valence-electron chi connectivity index (χ0n) is 16.3. The van der Waals surface area contributed by atoms with Crippen LogP contribution in [0.25, 0.3) is 6.08 Å². The Bertz CT molecular complexity index is 1010. The highest BCUT2D eigenvalue weighted by Crippen LogP contribution is 2.33. The monoisotopic (exact) mass is 411 g/mol. The van der Waals surface area contributed by atoms with Crippen molar-refractivity contribution >= 4 is 40.5 Å². The lowest BCUT2D eigenvalue weighted by atomic mass is 10.1. The van der Waals surface area contributed by atoms with Crippen molar-refractivity contribution in [3.63, 3.8) is 0 Å². The van der Waals surface area contributed by atoms with Crippen LogP contribution >= 0.6 is 11.8 Å². The zero-order chi connectivity index (χ0) is 21.0. The molecule has 1 aliphatic rings. The lowest BCUT2D eigenvalue weighted by Crippen LogP contribution is -2.20. The van der Waals surface area contributed by atoms with Crippen LogP contribution in [0.4, 0.5) is 5.69 Å². The topological polar surface area (TPSA) is 103 Å². The maximum Gasteiger partial charge on any atom is 0.264 e. The number of amides is 2. The molecular weight excluding hydrogens is 390 g/mol. The first kappa shape index (κ1) is 20.5. The van der Waals surface area contributed by atoms with E-state index in [1.54, 1.807) is 24.3 Å². The van der Waals surface area contributed by atoms with Gasteiger partial charge in [0.1, 0.15) is 0 Å². The van der Waals surface area contributed by atoms with Crippen LogP contribution in [0.3, 0.4) is 0 Å². The van der Waals surface area contributed by atoms with E-state index in [1.165, 1.54) is 18.9 Å². The van der Waals surface area contributed by atoms with Crippen LogP contribution in [-0.4, -0.2) is 30.7 Å². The highest BCUT2D eigenvalue weighted by atomic mass is 32.2. The fraction of sp³-hybridized carbons (Fsp3) is 0.190. The van der Waals surface area contributed by atoms with E-state index in [4.69, 9.17) is 15.2 Å². The van der Waals surface area contributed by atoms with Crippen molar-refractivity contribution in [3.8, 4) is 11.5 Å². The van der Waals surface area contributed by atoms with Crippen LogP contribution in [0.1, 0.15) is 16.7 Å². The standard InChI is InChI=1S/C21H21N3O4S/c1-12-5-4-6-13(2)19(12)23-21-24-20(26)17(29-21)10-14-7-8-15(27-3)16(9-14)28-11-18(22)25/h4-10H,11H2,1-3H3,(H2,22,25)(H,23,24,26)/b17-10-. The number of nitrogens with two attached hydrogens (primary N) is 1. The molecule has 1 fully saturated rings.